The van der Waals surface area contributed by atoms with Crippen LogP contribution in [0.15, 0.2) is 22.7 Å². The third kappa shape index (κ3) is 2.32. The summed E-state index contributed by atoms with van der Waals surface area (Å²) in [6.07, 6.45) is -12.6. The molecule has 1 aromatic rings. The van der Waals surface area contributed by atoms with Gasteiger partial charge < -0.3 is 0 Å². The minimum absolute atomic E-state index is 0.0976. The van der Waals surface area contributed by atoms with Gasteiger partial charge in [0.1, 0.15) is 5.82 Å². The molecule has 0 aliphatic heterocycles. The van der Waals surface area contributed by atoms with E-state index in [-0.39, 0.29) is 10.5 Å². The van der Waals surface area contributed by atoms with Gasteiger partial charge >= 0.3 is 18.0 Å². The third-order valence-electron chi connectivity index (χ3n) is 2.08. The van der Waals surface area contributed by atoms with Gasteiger partial charge in [0, 0.05) is 10.0 Å². The SMILES string of the molecule is Fc1cc(Br)ccc1C(F)(C(F)(F)F)C(F)(F)F. The number of hydrogen-bond acceptors (Lipinski definition) is 0. The second-order valence-electron chi connectivity index (χ2n) is 3.28. The minimum Gasteiger partial charge on any atom is -0.218 e. The van der Waals surface area contributed by atoms with Crippen molar-refractivity contribution in [3.8, 4) is 0 Å². The lowest BCUT2D eigenvalue weighted by Crippen LogP contribution is -2.50. The van der Waals surface area contributed by atoms with E-state index in [1.165, 1.54) is 0 Å². The molecule has 0 unspecified atom stereocenters. The Labute approximate surface area is 104 Å². The Hall–Kier alpha value is -0.860. The van der Waals surface area contributed by atoms with Crippen molar-refractivity contribution in [3.63, 3.8) is 0 Å². The molecule has 0 heterocycles. The summed E-state index contributed by atoms with van der Waals surface area (Å²) in [6.45, 7) is 0. The van der Waals surface area contributed by atoms with Gasteiger partial charge in [0.2, 0.25) is 0 Å². The van der Waals surface area contributed by atoms with E-state index in [1.807, 2.05) is 0 Å². The average Bonchev–Trinajstić information content (AvgIpc) is 2.12. The van der Waals surface area contributed by atoms with Gasteiger partial charge in [0.25, 0.3) is 0 Å². The predicted octanol–water partition coefficient (Wildman–Crippen LogP) is 4.88. The maximum atomic E-state index is 13.4. The van der Waals surface area contributed by atoms with Crippen LogP contribution in [-0.4, -0.2) is 12.4 Å². The fraction of sp³-hybridized carbons (Fsp3) is 0.333. The first-order valence-corrected chi connectivity index (χ1v) is 4.98. The summed E-state index contributed by atoms with van der Waals surface area (Å²) < 4.78 is 100. The lowest BCUT2D eigenvalue weighted by atomic mass is 9.94. The topological polar surface area (TPSA) is 0 Å². The van der Waals surface area contributed by atoms with E-state index in [0.717, 1.165) is 0 Å². The molecule has 0 atom stereocenters. The van der Waals surface area contributed by atoms with Crippen molar-refractivity contribution >= 4 is 15.9 Å². The molecule has 0 bridgehead atoms. The lowest BCUT2D eigenvalue weighted by molar-refractivity contribution is -0.349. The molecule has 18 heavy (non-hydrogen) atoms. The molecule has 102 valence electrons. The largest absolute Gasteiger partial charge is 0.436 e. The number of halogens is 9. The van der Waals surface area contributed by atoms with Crippen LogP contribution < -0.4 is 0 Å². The van der Waals surface area contributed by atoms with Crippen LogP contribution in [0, 0.1) is 5.82 Å². The summed E-state index contributed by atoms with van der Waals surface area (Å²) in [5, 5.41) is 0. The van der Waals surface area contributed by atoms with E-state index in [1.54, 1.807) is 0 Å². The normalized spacial score (nSPS) is 13.8. The van der Waals surface area contributed by atoms with Crippen LogP contribution in [0.1, 0.15) is 5.56 Å². The van der Waals surface area contributed by atoms with Crippen LogP contribution in [0.25, 0.3) is 0 Å². The molecule has 0 amide bonds. The van der Waals surface area contributed by atoms with E-state index in [0.29, 0.717) is 12.1 Å². The van der Waals surface area contributed by atoms with Crippen LogP contribution in [0.5, 0.6) is 0 Å². The number of hydrogen-bond donors (Lipinski definition) is 0. The molecule has 0 radical (unpaired) electrons. The highest BCUT2D eigenvalue weighted by molar-refractivity contribution is 9.10. The first-order valence-electron chi connectivity index (χ1n) is 4.19. The van der Waals surface area contributed by atoms with E-state index < -0.39 is 29.4 Å². The summed E-state index contributed by atoms with van der Waals surface area (Å²) >= 11 is 2.64. The first-order chi connectivity index (χ1) is 7.91. The van der Waals surface area contributed by atoms with Crippen molar-refractivity contribution in [1.29, 1.82) is 0 Å². The molecule has 0 aliphatic carbocycles. The maximum absolute atomic E-state index is 13.4. The average molecular weight is 343 g/mol. The van der Waals surface area contributed by atoms with Gasteiger partial charge in [-0.15, -0.1) is 0 Å². The number of alkyl halides is 7. The summed E-state index contributed by atoms with van der Waals surface area (Å²) in [6, 6.07) is 1.10. The van der Waals surface area contributed by atoms with Gasteiger partial charge in [-0.05, 0) is 12.1 Å². The van der Waals surface area contributed by atoms with E-state index in [2.05, 4.69) is 15.9 Å². The summed E-state index contributed by atoms with van der Waals surface area (Å²) in [7, 11) is 0. The Morgan fingerprint density at radius 1 is 0.833 bits per heavy atom. The van der Waals surface area contributed by atoms with Crippen LogP contribution in [-0.2, 0) is 5.67 Å². The molecular weight excluding hydrogens is 340 g/mol. The van der Waals surface area contributed by atoms with Crippen molar-refractivity contribution in [3.05, 3.63) is 34.1 Å². The highest BCUT2D eigenvalue weighted by atomic mass is 79.9. The number of rotatable bonds is 1. The van der Waals surface area contributed by atoms with Gasteiger partial charge in [-0.25, -0.2) is 8.78 Å². The third-order valence-corrected chi connectivity index (χ3v) is 2.58. The Morgan fingerprint density at radius 2 is 1.28 bits per heavy atom. The molecule has 1 aromatic carbocycles. The first kappa shape index (κ1) is 15.2. The fourth-order valence-electron chi connectivity index (χ4n) is 1.23. The zero-order valence-corrected chi connectivity index (χ0v) is 9.72. The van der Waals surface area contributed by atoms with Crippen molar-refractivity contribution in [1.82, 2.24) is 0 Å². The van der Waals surface area contributed by atoms with Crippen LogP contribution in [0.4, 0.5) is 35.1 Å². The Morgan fingerprint density at radius 3 is 1.61 bits per heavy atom. The maximum Gasteiger partial charge on any atom is 0.436 e. The van der Waals surface area contributed by atoms with Crippen molar-refractivity contribution < 1.29 is 35.1 Å². The second-order valence-corrected chi connectivity index (χ2v) is 4.19. The molecular formula is C9H3BrF8. The molecule has 9 heteroatoms. The quantitative estimate of drug-likeness (QED) is 0.638. The van der Waals surface area contributed by atoms with E-state index >= 15 is 0 Å². The molecule has 0 nitrogen and oxygen atoms in total. The zero-order valence-electron chi connectivity index (χ0n) is 8.13. The second kappa shape index (κ2) is 4.36. The molecule has 0 saturated carbocycles. The molecule has 0 fully saturated rings. The summed E-state index contributed by atoms with van der Waals surface area (Å²) in [5.41, 5.74) is -7.86. The molecule has 0 aromatic heterocycles. The van der Waals surface area contributed by atoms with E-state index in [4.69, 9.17) is 0 Å². The van der Waals surface area contributed by atoms with Crippen LogP contribution in [0.2, 0.25) is 0 Å². The Kier molecular flexibility index (Phi) is 3.68. The fourth-order valence-corrected chi connectivity index (χ4v) is 1.57. The van der Waals surface area contributed by atoms with Crippen molar-refractivity contribution in [2.24, 2.45) is 0 Å². The van der Waals surface area contributed by atoms with Crippen LogP contribution in [0.3, 0.4) is 0 Å². The smallest absolute Gasteiger partial charge is 0.218 e. The van der Waals surface area contributed by atoms with Gasteiger partial charge in [-0.1, -0.05) is 22.0 Å². The standard InChI is InChI=1S/C9H3BrF8/c10-4-1-2-5(6(11)3-4)7(12,8(13,14)15)9(16,17)18/h1-3H. The minimum atomic E-state index is -6.32. The molecule has 1 rings (SSSR count). The molecule has 0 saturated heterocycles. The summed E-state index contributed by atoms with van der Waals surface area (Å²) in [4.78, 5) is 0. The highest BCUT2D eigenvalue weighted by Crippen LogP contribution is 2.53. The van der Waals surface area contributed by atoms with Gasteiger partial charge in [-0.2, -0.15) is 26.3 Å². The monoisotopic (exact) mass is 342 g/mol. The van der Waals surface area contributed by atoms with Crippen LogP contribution >= 0.6 is 15.9 Å². The van der Waals surface area contributed by atoms with Crippen molar-refractivity contribution in [2.45, 2.75) is 18.0 Å². The predicted molar refractivity (Wildman–Crippen MR) is 49.0 cm³/mol. The van der Waals surface area contributed by atoms with Crippen molar-refractivity contribution in [2.75, 3.05) is 0 Å². The summed E-state index contributed by atoms with van der Waals surface area (Å²) in [5.74, 6) is -1.94. The molecule has 0 spiro atoms. The van der Waals surface area contributed by atoms with E-state index in [9.17, 15) is 35.1 Å². The zero-order chi connectivity index (χ0) is 14.4. The molecule has 0 aliphatic rings. The molecule has 0 N–H and O–H groups in total. The Balaban J connectivity index is 3.56. The highest BCUT2D eigenvalue weighted by Gasteiger charge is 2.74. The van der Waals surface area contributed by atoms with Gasteiger partial charge in [0.15, 0.2) is 0 Å². The van der Waals surface area contributed by atoms with Gasteiger partial charge in [-0.3, -0.25) is 0 Å². The van der Waals surface area contributed by atoms with Gasteiger partial charge in [0.05, 0.1) is 0 Å². The Bertz CT molecular complexity index is 433. The lowest BCUT2D eigenvalue weighted by Gasteiger charge is -2.30. The number of benzene rings is 1.